The molecule has 0 aliphatic carbocycles. The third kappa shape index (κ3) is 3.31. The Hall–Kier alpha value is 0.0700. The Balaban J connectivity index is 0.000001000. The molecule has 1 aliphatic rings. The van der Waals surface area contributed by atoms with Gasteiger partial charge in [0.05, 0.1) is 0 Å². The molecule has 0 radical (unpaired) electrons. The number of halogens is 1. The molecule has 1 amide bonds. The number of carbonyl (C=O) groups is 1. The quantitative estimate of drug-likeness (QED) is 0.497. The molecular formula is C6H13ClN2OS. The normalized spacial score (nSPS) is 18.6. The smallest absolute Gasteiger partial charge is 0.219 e. The molecule has 0 bridgehead atoms. The van der Waals surface area contributed by atoms with Crippen molar-refractivity contribution in [2.24, 2.45) is 0 Å². The molecule has 0 aromatic carbocycles. The maximum Gasteiger partial charge on any atom is 0.219 e. The molecular weight excluding hydrogens is 184 g/mol. The molecule has 3 nitrogen and oxygen atoms in total. The fraction of sp³-hybridized carbons (Fsp3) is 0.833. The lowest BCUT2D eigenvalue weighted by Crippen LogP contribution is -2.38. The number of carbonyl (C=O) groups excluding carboxylic acids is 1. The molecule has 0 atom stereocenters. The summed E-state index contributed by atoms with van der Waals surface area (Å²) < 4.78 is 1.46. The minimum atomic E-state index is 0. The molecule has 1 aliphatic heterocycles. The molecule has 1 heterocycles. The lowest BCUT2D eigenvalue weighted by Gasteiger charge is -2.27. The van der Waals surface area contributed by atoms with Crippen molar-refractivity contribution in [3.8, 4) is 0 Å². The first-order valence-corrected chi connectivity index (χ1v) is 3.88. The van der Waals surface area contributed by atoms with Gasteiger partial charge in [-0.15, -0.1) is 12.4 Å². The minimum absolute atomic E-state index is 0. The standard InChI is InChI=1S/C6H12N2OS.ClH/c9-5-8(10)6-1-3-7-4-2-6;/h5-7,10H,1-4H2;1H. The average molecular weight is 197 g/mol. The fourth-order valence-corrected chi connectivity index (χ4v) is 1.39. The third-order valence-corrected chi connectivity index (χ3v) is 2.21. The van der Waals surface area contributed by atoms with Crippen LogP contribution in [0.4, 0.5) is 0 Å². The molecule has 66 valence electrons. The summed E-state index contributed by atoms with van der Waals surface area (Å²) in [6, 6.07) is 0.335. The molecule has 5 heteroatoms. The van der Waals surface area contributed by atoms with Gasteiger partial charge in [-0.25, -0.2) is 0 Å². The van der Waals surface area contributed by atoms with Gasteiger partial charge in [-0.2, -0.15) is 0 Å². The van der Waals surface area contributed by atoms with Crippen LogP contribution in [0.15, 0.2) is 0 Å². The second-order valence-electron chi connectivity index (χ2n) is 2.47. The highest BCUT2D eigenvalue weighted by Gasteiger charge is 2.16. The Bertz CT molecular complexity index is 119. The van der Waals surface area contributed by atoms with Crippen molar-refractivity contribution in [3.63, 3.8) is 0 Å². The van der Waals surface area contributed by atoms with Gasteiger partial charge >= 0.3 is 0 Å². The topological polar surface area (TPSA) is 32.3 Å². The molecule has 11 heavy (non-hydrogen) atoms. The summed E-state index contributed by atoms with van der Waals surface area (Å²) in [6.07, 6.45) is 2.81. The zero-order valence-corrected chi connectivity index (χ0v) is 7.90. The summed E-state index contributed by atoms with van der Waals surface area (Å²) in [4.78, 5) is 10.2. The summed E-state index contributed by atoms with van der Waals surface area (Å²) in [5.74, 6) is 0. The van der Waals surface area contributed by atoms with Crippen molar-refractivity contribution in [3.05, 3.63) is 0 Å². The van der Waals surface area contributed by atoms with Crippen LogP contribution in [0.25, 0.3) is 0 Å². The fourth-order valence-electron chi connectivity index (χ4n) is 1.16. The SMILES string of the molecule is Cl.O=CN(S)C1CCNCC1. The van der Waals surface area contributed by atoms with E-state index >= 15 is 0 Å². The van der Waals surface area contributed by atoms with Crippen LogP contribution >= 0.6 is 25.2 Å². The van der Waals surface area contributed by atoms with Gasteiger partial charge in [0.25, 0.3) is 0 Å². The Morgan fingerprint density at radius 3 is 2.45 bits per heavy atom. The Kier molecular flexibility index (Phi) is 5.72. The third-order valence-electron chi connectivity index (χ3n) is 1.79. The summed E-state index contributed by atoms with van der Waals surface area (Å²) in [6.45, 7) is 1.99. The van der Waals surface area contributed by atoms with E-state index in [2.05, 4.69) is 18.1 Å². The Labute approximate surface area is 78.5 Å². The molecule has 1 N–H and O–H groups in total. The Morgan fingerprint density at radius 2 is 2.00 bits per heavy atom. The van der Waals surface area contributed by atoms with E-state index < -0.39 is 0 Å². The number of nitrogens with zero attached hydrogens (tertiary/aromatic N) is 1. The lowest BCUT2D eigenvalue weighted by molar-refractivity contribution is -0.115. The summed E-state index contributed by atoms with van der Waals surface area (Å²) >= 11 is 4.01. The van der Waals surface area contributed by atoms with Crippen LogP contribution in [-0.2, 0) is 4.79 Å². The number of piperidine rings is 1. The summed E-state index contributed by atoms with van der Waals surface area (Å²) in [5, 5.41) is 3.22. The van der Waals surface area contributed by atoms with E-state index in [1.54, 1.807) is 0 Å². The number of rotatable bonds is 2. The minimum Gasteiger partial charge on any atom is -0.317 e. The van der Waals surface area contributed by atoms with E-state index in [-0.39, 0.29) is 12.4 Å². The first kappa shape index (κ1) is 11.1. The van der Waals surface area contributed by atoms with E-state index in [1.165, 1.54) is 4.31 Å². The molecule has 1 saturated heterocycles. The first-order chi connectivity index (χ1) is 4.84. The maximum atomic E-state index is 10.2. The number of nitrogens with one attached hydrogen (secondary N) is 1. The van der Waals surface area contributed by atoms with Crippen LogP contribution < -0.4 is 5.32 Å². The second kappa shape index (κ2) is 5.69. The van der Waals surface area contributed by atoms with Gasteiger partial charge in [0, 0.05) is 6.04 Å². The van der Waals surface area contributed by atoms with Gasteiger partial charge in [0.1, 0.15) is 0 Å². The molecule has 0 aromatic rings. The number of thiol groups is 1. The highest BCUT2D eigenvalue weighted by atomic mass is 35.5. The van der Waals surface area contributed by atoms with Crippen molar-refractivity contribution >= 4 is 31.6 Å². The summed E-state index contributed by atoms with van der Waals surface area (Å²) in [5.41, 5.74) is 0. The van der Waals surface area contributed by atoms with Crippen molar-refractivity contribution in [2.45, 2.75) is 18.9 Å². The predicted molar refractivity (Wildman–Crippen MR) is 50.0 cm³/mol. The van der Waals surface area contributed by atoms with Crippen molar-refractivity contribution in [2.75, 3.05) is 13.1 Å². The van der Waals surface area contributed by atoms with Gasteiger partial charge < -0.3 is 5.32 Å². The van der Waals surface area contributed by atoms with Gasteiger partial charge in [0.2, 0.25) is 6.41 Å². The zero-order valence-electron chi connectivity index (χ0n) is 6.19. The average Bonchev–Trinajstić information content (AvgIpc) is 2.05. The van der Waals surface area contributed by atoms with E-state index in [0.29, 0.717) is 6.04 Å². The van der Waals surface area contributed by atoms with Crippen LogP contribution in [0.2, 0.25) is 0 Å². The van der Waals surface area contributed by atoms with Crippen molar-refractivity contribution in [1.29, 1.82) is 0 Å². The number of hydrogen-bond donors (Lipinski definition) is 2. The van der Waals surface area contributed by atoms with Crippen LogP contribution in [0.5, 0.6) is 0 Å². The van der Waals surface area contributed by atoms with Crippen LogP contribution in [0.3, 0.4) is 0 Å². The van der Waals surface area contributed by atoms with E-state index in [9.17, 15) is 4.79 Å². The molecule has 0 saturated carbocycles. The number of amides is 1. The van der Waals surface area contributed by atoms with Gasteiger partial charge in [-0.3, -0.25) is 9.10 Å². The van der Waals surface area contributed by atoms with Crippen LogP contribution in [0.1, 0.15) is 12.8 Å². The van der Waals surface area contributed by atoms with Gasteiger partial charge in [0.15, 0.2) is 0 Å². The molecule has 0 spiro atoms. The van der Waals surface area contributed by atoms with Crippen LogP contribution in [0, 0.1) is 0 Å². The highest BCUT2D eigenvalue weighted by molar-refractivity contribution is 7.78. The maximum absolute atomic E-state index is 10.2. The zero-order chi connectivity index (χ0) is 7.40. The Morgan fingerprint density at radius 1 is 1.45 bits per heavy atom. The monoisotopic (exact) mass is 196 g/mol. The highest BCUT2D eigenvalue weighted by Crippen LogP contribution is 2.10. The molecule has 1 rings (SSSR count). The van der Waals surface area contributed by atoms with E-state index in [0.717, 1.165) is 32.3 Å². The molecule has 0 aromatic heterocycles. The van der Waals surface area contributed by atoms with Gasteiger partial charge in [-0.05, 0) is 25.9 Å². The first-order valence-electron chi connectivity index (χ1n) is 3.48. The van der Waals surface area contributed by atoms with Crippen molar-refractivity contribution < 1.29 is 4.79 Å². The second-order valence-corrected chi connectivity index (χ2v) is 2.93. The van der Waals surface area contributed by atoms with Gasteiger partial charge in [-0.1, -0.05) is 12.8 Å². The molecule has 1 fully saturated rings. The summed E-state index contributed by atoms with van der Waals surface area (Å²) in [7, 11) is 0. The van der Waals surface area contributed by atoms with Crippen molar-refractivity contribution in [1.82, 2.24) is 9.62 Å². The largest absolute Gasteiger partial charge is 0.317 e. The predicted octanol–water partition coefficient (Wildman–Crippen LogP) is 0.463. The lowest BCUT2D eigenvalue weighted by atomic mass is 10.1. The van der Waals surface area contributed by atoms with E-state index in [1.807, 2.05) is 0 Å². The van der Waals surface area contributed by atoms with Crippen LogP contribution in [-0.4, -0.2) is 29.8 Å². The molecule has 0 unspecified atom stereocenters. The van der Waals surface area contributed by atoms with E-state index in [4.69, 9.17) is 0 Å². The number of hydrogen-bond acceptors (Lipinski definition) is 3.